The van der Waals surface area contributed by atoms with Gasteiger partial charge in [0.2, 0.25) is 0 Å². The Morgan fingerprint density at radius 2 is 2.16 bits per heavy atom. The van der Waals surface area contributed by atoms with Crippen molar-refractivity contribution < 1.29 is 9.53 Å². The molecule has 25 heavy (non-hydrogen) atoms. The van der Waals surface area contributed by atoms with Crippen molar-refractivity contribution in [2.75, 3.05) is 11.5 Å². The largest absolute Gasteiger partial charge is 0.372 e. The van der Waals surface area contributed by atoms with Crippen LogP contribution in [0, 0.1) is 0 Å². The zero-order valence-electron chi connectivity index (χ0n) is 14.7. The van der Waals surface area contributed by atoms with Gasteiger partial charge in [0, 0.05) is 37.6 Å². The van der Waals surface area contributed by atoms with Crippen LogP contribution in [-0.4, -0.2) is 34.5 Å². The first-order chi connectivity index (χ1) is 12.1. The summed E-state index contributed by atoms with van der Waals surface area (Å²) in [6.07, 6.45) is 4.28. The van der Waals surface area contributed by atoms with E-state index < -0.39 is 0 Å². The fourth-order valence-electron chi connectivity index (χ4n) is 3.95. The zero-order chi connectivity index (χ0) is 17.4. The van der Waals surface area contributed by atoms with E-state index in [1.54, 1.807) is 6.20 Å². The van der Waals surface area contributed by atoms with Gasteiger partial charge in [-0.3, -0.25) is 9.58 Å². The Kier molecular flexibility index (Phi) is 4.21. The number of anilines is 1. The van der Waals surface area contributed by atoms with Crippen LogP contribution in [0.1, 0.15) is 37.1 Å². The number of benzene rings is 1. The van der Waals surface area contributed by atoms with Gasteiger partial charge < -0.3 is 10.1 Å². The van der Waals surface area contributed by atoms with Gasteiger partial charge in [-0.15, -0.1) is 0 Å². The second-order valence-corrected chi connectivity index (χ2v) is 6.96. The van der Waals surface area contributed by atoms with Gasteiger partial charge in [-0.05, 0) is 43.9 Å². The maximum atomic E-state index is 12.9. The van der Waals surface area contributed by atoms with Crippen LogP contribution in [0.4, 0.5) is 10.5 Å². The molecule has 0 spiro atoms. The predicted octanol–water partition coefficient (Wildman–Crippen LogP) is 2.80. The predicted molar refractivity (Wildman–Crippen MR) is 95.5 cm³/mol. The van der Waals surface area contributed by atoms with Gasteiger partial charge in [0.25, 0.3) is 0 Å². The average Bonchev–Trinajstić information content (AvgIpc) is 3.17. The monoisotopic (exact) mass is 340 g/mol. The van der Waals surface area contributed by atoms with E-state index >= 15 is 0 Å². The topological polar surface area (TPSA) is 59.4 Å². The molecule has 2 aliphatic heterocycles. The van der Waals surface area contributed by atoms with Gasteiger partial charge in [-0.1, -0.05) is 18.2 Å². The molecule has 0 radical (unpaired) electrons. The first kappa shape index (κ1) is 16.1. The van der Waals surface area contributed by atoms with Gasteiger partial charge in [0.05, 0.1) is 5.69 Å². The SMILES string of the molecule is CC1Cc2ccccc2N1C(=O)NC1CCOC(c2ccnn2C)C1. The van der Waals surface area contributed by atoms with Gasteiger partial charge in [0.15, 0.2) is 0 Å². The number of para-hydroxylation sites is 1. The molecule has 1 saturated heterocycles. The van der Waals surface area contributed by atoms with Crippen molar-refractivity contribution in [3.05, 3.63) is 47.8 Å². The molecule has 132 valence electrons. The number of rotatable bonds is 2. The molecule has 1 aromatic carbocycles. The van der Waals surface area contributed by atoms with E-state index in [1.807, 2.05) is 40.9 Å². The first-order valence-electron chi connectivity index (χ1n) is 8.90. The molecule has 3 atom stereocenters. The van der Waals surface area contributed by atoms with Crippen LogP contribution in [0.5, 0.6) is 0 Å². The van der Waals surface area contributed by atoms with Crippen LogP contribution in [0.2, 0.25) is 0 Å². The maximum absolute atomic E-state index is 12.9. The van der Waals surface area contributed by atoms with Gasteiger partial charge in [-0.25, -0.2) is 4.79 Å². The maximum Gasteiger partial charge on any atom is 0.322 e. The Morgan fingerprint density at radius 3 is 2.96 bits per heavy atom. The van der Waals surface area contributed by atoms with E-state index in [9.17, 15) is 4.79 Å². The lowest BCUT2D eigenvalue weighted by molar-refractivity contribution is -0.00219. The minimum atomic E-state index is -0.0187. The minimum Gasteiger partial charge on any atom is -0.372 e. The molecule has 2 aliphatic rings. The number of urea groups is 1. The summed E-state index contributed by atoms with van der Waals surface area (Å²) in [6, 6.07) is 10.4. The smallest absolute Gasteiger partial charge is 0.322 e. The van der Waals surface area contributed by atoms with Crippen LogP contribution in [0.3, 0.4) is 0 Å². The second-order valence-electron chi connectivity index (χ2n) is 6.96. The molecule has 0 bridgehead atoms. The highest BCUT2D eigenvalue weighted by molar-refractivity contribution is 5.95. The fraction of sp³-hybridized carbons (Fsp3) is 0.474. The number of amides is 2. The van der Waals surface area contributed by atoms with E-state index in [1.165, 1.54) is 5.56 Å². The van der Waals surface area contributed by atoms with Crippen molar-refractivity contribution in [1.29, 1.82) is 0 Å². The Labute approximate surface area is 147 Å². The first-order valence-corrected chi connectivity index (χ1v) is 8.90. The van der Waals surface area contributed by atoms with Gasteiger partial charge >= 0.3 is 6.03 Å². The number of hydrogen-bond donors (Lipinski definition) is 1. The summed E-state index contributed by atoms with van der Waals surface area (Å²) >= 11 is 0. The zero-order valence-corrected chi connectivity index (χ0v) is 14.7. The van der Waals surface area contributed by atoms with Crippen molar-refractivity contribution >= 4 is 11.7 Å². The quantitative estimate of drug-likeness (QED) is 0.914. The molecule has 6 nitrogen and oxygen atoms in total. The molecular formula is C19H24N4O2. The highest BCUT2D eigenvalue weighted by Gasteiger charge is 2.33. The van der Waals surface area contributed by atoms with Crippen molar-refractivity contribution in [2.24, 2.45) is 7.05 Å². The van der Waals surface area contributed by atoms with Crippen molar-refractivity contribution in [2.45, 2.75) is 44.4 Å². The summed E-state index contributed by atoms with van der Waals surface area (Å²) in [5, 5.41) is 7.44. The molecular weight excluding hydrogens is 316 g/mol. The highest BCUT2D eigenvalue weighted by Crippen LogP contribution is 2.32. The van der Waals surface area contributed by atoms with Crippen LogP contribution >= 0.6 is 0 Å². The number of aryl methyl sites for hydroxylation is 1. The number of carbonyl (C=O) groups excluding carboxylic acids is 1. The van der Waals surface area contributed by atoms with Crippen molar-refractivity contribution in [3.63, 3.8) is 0 Å². The molecule has 4 rings (SSSR count). The normalized spacial score (nSPS) is 25.7. The molecule has 0 aliphatic carbocycles. The average molecular weight is 340 g/mol. The fourth-order valence-corrected chi connectivity index (χ4v) is 3.95. The Bertz CT molecular complexity index is 772. The van der Waals surface area contributed by atoms with Crippen LogP contribution in [-0.2, 0) is 18.2 Å². The lowest BCUT2D eigenvalue weighted by Gasteiger charge is -2.32. The van der Waals surface area contributed by atoms with Crippen LogP contribution < -0.4 is 10.2 Å². The molecule has 2 aromatic rings. The van der Waals surface area contributed by atoms with Crippen molar-refractivity contribution in [3.8, 4) is 0 Å². The lowest BCUT2D eigenvalue weighted by atomic mass is 10.0. The highest BCUT2D eigenvalue weighted by atomic mass is 16.5. The minimum absolute atomic E-state index is 0.00638. The van der Waals surface area contributed by atoms with E-state index in [0.29, 0.717) is 6.61 Å². The molecule has 6 heteroatoms. The number of ether oxygens (including phenoxy) is 1. The molecule has 3 unspecified atom stereocenters. The molecule has 1 N–H and O–H groups in total. The summed E-state index contributed by atoms with van der Waals surface area (Å²) in [6.45, 7) is 2.74. The summed E-state index contributed by atoms with van der Waals surface area (Å²) in [4.78, 5) is 14.8. The van der Waals surface area contributed by atoms with Gasteiger partial charge in [-0.2, -0.15) is 5.10 Å². The van der Waals surface area contributed by atoms with Gasteiger partial charge in [0.1, 0.15) is 6.10 Å². The Morgan fingerprint density at radius 1 is 1.32 bits per heavy atom. The third-order valence-corrected chi connectivity index (χ3v) is 5.23. The number of aromatic nitrogens is 2. The number of nitrogens with one attached hydrogen (secondary N) is 1. The summed E-state index contributed by atoms with van der Waals surface area (Å²) < 4.78 is 7.73. The summed E-state index contributed by atoms with van der Waals surface area (Å²) in [5.74, 6) is 0. The van der Waals surface area contributed by atoms with Crippen LogP contribution in [0.15, 0.2) is 36.5 Å². The van der Waals surface area contributed by atoms with E-state index in [2.05, 4.69) is 23.4 Å². The summed E-state index contributed by atoms with van der Waals surface area (Å²) in [7, 11) is 1.92. The third-order valence-electron chi connectivity index (χ3n) is 5.23. The molecule has 1 fully saturated rings. The van der Waals surface area contributed by atoms with E-state index in [0.717, 1.165) is 30.6 Å². The van der Waals surface area contributed by atoms with Crippen molar-refractivity contribution in [1.82, 2.24) is 15.1 Å². The lowest BCUT2D eigenvalue weighted by Crippen LogP contribution is -2.49. The van der Waals surface area contributed by atoms with E-state index in [-0.39, 0.29) is 24.2 Å². The third kappa shape index (κ3) is 3.02. The molecule has 0 saturated carbocycles. The number of nitrogens with zero attached hydrogens (tertiary/aromatic N) is 3. The number of fused-ring (bicyclic) bond motifs is 1. The Hall–Kier alpha value is -2.34. The standard InChI is InChI=1S/C19H24N4O2/c1-13-11-14-5-3-4-6-16(14)23(13)19(24)21-15-8-10-25-18(12-15)17-7-9-20-22(17)2/h3-7,9,13,15,18H,8,10-12H2,1-2H3,(H,21,24). The number of hydrogen-bond acceptors (Lipinski definition) is 3. The number of carbonyl (C=O) groups is 1. The van der Waals surface area contributed by atoms with Crippen LogP contribution in [0.25, 0.3) is 0 Å². The molecule has 2 amide bonds. The summed E-state index contributed by atoms with van der Waals surface area (Å²) in [5.41, 5.74) is 3.33. The van der Waals surface area contributed by atoms with E-state index in [4.69, 9.17) is 4.74 Å². The molecule has 1 aromatic heterocycles. The second kappa shape index (κ2) is 6.52. The Balaban J connectivity index is 1.45. The molecule has 3 heterocycles.